The molecule has 2 aromatic carbocycles. The Balaban J connectivity index is 1.99. The molecule has 2 rings (SSSR count). The summed E-state index contributed by atoms with van der Waals surface area (Å²) in [7, 11) is 0. The van der Waals surface area contributed by atoms with Crippen molar-refractivity contribution in [2.45, 2.75) is 41.0 Å². The van der Waals surface area contributed by atoms with Gasteiger partial charge < -0.3 is 15.5 Å². The Morgan fingerprint density at radius 2 is 1.43 bits per heavy atom. The standard InChI is InChI=1S/C23H31N3O2/c1-6-11-26(14-21(27)24-20-10-8-7-9-17(20)3)15-22(28)25-23-18(4)12-16(2)13-19(23)5/h7-10,12-13H,6,11,14-15H2,1-5H3,(H,24,27)(H,25,28)/p+1. The summed E-state index contributed by atoms with van der Waals surface area (Å²) in [6, 6.07) is 11.8. The van der Waals surface area contributed by atoms with Gasteiger partial charge >= 0.3 is 0 Å². The summed E-state index contributed by atoms with van der Waals surface area (Å²) in [5.74, 6) is -0.143. The number of benzene rings is 2. The van der Waals surface area contributed by atoms with E-state index in [1.807, 2.05) is 52.0 Å². The van der Waals surface area contributed by atoms with Gasteiger partial charge in [-0.15, -0.1) is 0 Å². The van der Waals surface area contributed by atoms with Crippen molar-refractivity contribution in [1.82, 2.24) is 0 Å². The molecule has 0 saturated carbocycles. The summed E-state index contributed by atoms with van der Waals surface area (Å²) < 4.78 is 0. The van der Waals surface area contributed by atoms with Gasteiger partial charge in [0, 0.05) is 11.4 Å². The first-order chi connectivity index (χ1) is 13.3. The minimum Gasteiger partial charge on any atom is -0.321 e. The minimum absolute atomic E-state index is 0.0674. The molecule has 5 heteroatoms. The molecule has 2 amide bonds. The van der Waals surface area contributed by atoms with E-state index in [0.29, 0.717) is 0 Å². The fourth-order valence-electron chi connectivity index (χ4n) is 3.52. The third-order valence-electron chi connectivity index (χ3n) is 4.79. The Morgan fingerprint density at radius 3 is 2.00 bits per heavy atom. The van der Waals surface area contributed by atoms with Crippen LogP contribution in [0.5, 0.6) is 0 Å². The van der Waals surface area contributed by atoms with Crippen molar-refractivity contribution in [1.29, 1.82) is 0 Å². The SMILES string of the molecule is CCC[NH+](CC(=O)Nc1ccccc1C)CC(=O)Nc1c(C)cc(C)cc1C. The van der Waals surface area contributed by atoms with Crippen molar-refractivity contribution in [2.75, 3.05) is 30.3 Å². The van der Waals surface area contributed by atoms with Gasteiger partial charge in [0.05, 0.1) is 6.54 Å². The van der Waals surface area contributed by atoms with Gasteiger partial charge in [0.25, 0.3) is 11.8 Å². The summed E-state index contributed by atoms with van der Waals surface area (Å²) in [5, 5.41) is 5.99. The first-order valence-electron chi connectivity index (χ1n) is 9.87. The molecule has 0 bridgehead atoms. The number of amides is 2. The molecule has 1 unspecified atom stereocenters. The summed E-state index contributed by atoms with van der Waals surface area (Å²) in [4.78, 5) is 26.0. The van der Waals surface area contributed by atoms with E-state index in [-0.39, 0.29) is 24.9 Å². The Hall–Kier alpha value is -2.66. The number of para-hydroxylation sites is 1. The van der Waals surface area contributed by atoms with Crippen molar-refractivity contribution >= 4 is 23.2 Å². The number of quaternary nitrogens is 1. The van der Waals surface area contributed by atoms with E-state index in [0.717, 1.165) is 45.9 Å². The Morgan fingerprint density at radius 1 is 0.857 bits per heavy atom. The maximum Gasteiger partial charge on any atom is 0.279 e. The molecule has 0 aliphatic heterocycles. The number of rotatable bonds is 8. The lowest BCUT2D eigenvalue weighted by Crippen LogP contribution is -3.14. The van der Waals surface area contributed by atoms with Crippen molar-refractivity contribution in [3.8, 4) is 0 Å². The summed E-state index contributed by atoms with van der Waals surface area (Å²) in [6.45, 7) is 11.4. The molecule has 1 atom stereocenters. The Bertz CT molecular complexity index is 822. The van der Waals surface area contributed by atoms with Crippen LogP contribution in [-0.2, 0) is 9.59 Å². The smallest absolute Gasteiger partial charge is 0.279 e. The number of carbonyl (C=O) groups is 2. The fourth-order valence-corrected chi connectivity index (χ4v) is 3.52. The largest absolute Gasteiger partial charge is 0.321 e. The van der Waals surface area contributed by atoms with Gasteiger partial charge in [-0.1, -0.05) is 42.8 Å². The molecule has 0 aliphatic carbocycles. The Labute approximate surface area is 168 Å². The average molecular weight is 383 g/mol. The lowest BCUT2D eigenvalue weighted by Gasteiger charge is -2.19. The molecule has 0 radical (unpaired) electrons. The molecule has 28 heavy (non-hydrogen) atoms. The van der Waals surface area contributed by atoms with Gasteiger partial charge in [-0.2, -0.15) is 0 Å². The minimum atomic E-state index is -0.0757. The van der Waals surface area contributed by atoms with Gasteiger partial charge in [0.2, 0.25) is 0 Å². The van der Waals surface area contributed by atoms with Crippen molar-refractivity contribution in [2.24, 2.45) is 0 Å². The molecule has 0 heterocycles. The van der Waals surface area contributed by atoms with Crippen LogP contribution in [0.2, 0.25) is 0 Å². The van der Waals surface area contributed by atoms with Gasteiger partial charge in [0.1, 0.15) is 0 Å². The molecule has 0 saturated heterocycles. The highest BCUT2D eigenvalue weighted by atomic mass is 16.2. The highest BCUT2D eigenvalue weighted by molar-refractivity contribution is 5.94. The summed E-state index contributed by atoms with van der Waals surface area (Å²) in [6.07, 6.45) is 0.906. The fraction of sp³-hybridized carbons (Fsp3) is 0.391. The van der Waals surface area contributed by atoms with Gasteiger partial charge in [0.15, 0.2) is 13.1 Å². The van der Waals surface area contributed by atoms with E-state index < -0.39 is 0 Å². The molecule has 0 spiro atoms. The van der Waals surface area contributed by atoms with E-state index in [2.05, 4.69) is 29.7 Å². The molecule has 3 N–H and O–H groups in total. The topological polar surface area (TPSA) is 62.6 Å². The third kappa shape index (κ3) is 6.20. The van der Waals surface area contributed by atoms with Crippen LogP contribution >= 0.6 is 0 Å². The van der Waals surface area contributed by atoms with Gasteiger partial charge in [-0.25, -0.2) is 0 Å². The molecule has 0 fully saturated rings. The summed E-state index contributed by atoms with van der Waals surface area (Å²) >= 11 is 0. The zero-order valence-electron chi connectivity index (χ0n) is 17.6. The maximum atomic E-state index is 12.6. The predicted molar refractivity (Wildman–Crippen MR) is 115 cm³/mol. The second-order valence-corrected chi connectivity index (χ2v) is 7.54. The quantitative estimate of drug-likeness (QED) is 0.657. The normalized spacial score (nSPS) is 11.8. The third-order valence-corrected chi connectivity index (χ3v) is 4.79. The zero-order chi connectivity index (χ0) is 20.7. The zero-order valence-corrected chi connectivity index (χ0v) is 17.6. The van der Waals surface area contributed by atoms with Crippen LogP contribution in [0, 0.1) is 27.7 Å². The number of carbonyl (C=O) groups excluding carboxylic acids is 2. The van der Waals surface area contributed by atoms with Crippen LogP contribution in [0.4, 0.5) is 11.4 Å². The maximum absolute atomic E-state index is 12.6. The lowest BCUT2D eigenvalue weighted by molar-refractivity contribution is -0.883. The van der Waals surface area contributed by atoms with E-state index in [9.17, 15) is 9.59 Å². The number of nitrogens with one attached hydrogen (secondary N) is 3. The van der Waals surface area contributed by atoms with E-state index in [1.165, 1.54) is 5.56 Å². The van der Waals surface area contributed by atoms with Crippen LogP contribution in [0.1, 0.15) is 35.6 Å². The van der Waals surface area contributed by atoms with Crippen molar-refractivity contribution in [3.05, 3.63) is 58.7 Å². The molecule has 0 aromatic heterocycles. The number of hydrogen-bond donors (Lipinski definition) is 3. The second-order valence-electron chi connectivity index (χ2n) is 7.54. The number of anilines is 2. The molecule has 0 aliphatic rings. The van der Waals surface area contributed by atoms with Gasteiger partial charge in [-0.3, -0.25) is 9.59 Å². The number of hydrogen-bond acceptors (Lipinski definition) is 2. The highest BCUT2D eigenvalue weighted by Crippen LogP contribution is 2.21. The molecule has 150 valence electrons. The molecular weight excluding hydrogens is 350 g/mol. The molecular formula is C23H32N3O2+. The average Bonchev–Trinajstić information content (AvgIpc) is 2.60. The van der Waals surface area contributed by atoms with Crippen molar-refractivity contribution < 1.29 is 14.5 Å². The monoisotopic (exact) mass is 382 g/mol. The van der Waals surface area contributed by atoms with E-state index in [1.54, 1.807) is 0 Å². The van der Waals surface area contributed by atoms with Crippen LogP contribution < -0.4 is 15.5 Å². The number of aryl methyl sites for hydroxylation is 4. The van der Waals surface area contributed by atoms with Crippen LogP contribution in [0.15, 0.2) is 36.4 Å². The highest BCUT2D eigenvalue weighted by Gasteiger charge is 2.19. The van der Waals surface area contributed by atoms with E-state index in [4.69, 9.17) is 0 Å². The van der Waals surface area contributed by atoms with E-state index >= 15 is 0 Å². The first-order valence-corrected chi connectivity index (χ1v) is 9.87. The van der Waals surface area contributed by atoms with Crippen molar-refractivity contribution in [3.63, 3.8) is 0 Å². The van der Waals surface area contributed by atoms with Gasteiger partial charge in [-0.05, 0) is 56.9 Å². The Kier molecular flexibility index (Phi) is 7.76. The van der Waals surface area contributed by atoms with Crippen LogP contribution in [0.3, 0.4) is 0 Å². The second kappa shape index (κ2) is 10.0. The summed E-state index contributed by atoms with van der Waals surface area (Å²) in [5.41, 5.74) is 6.00. The van der Waals surface area contributed by atoms with Crippen LogP contribution in [-0.4, -0.2) is 31.4 Å². The first kappa shape index (κ1) is 21.6. The molecule has 2 aromatic rings. The lowest BCUT2D eigenvalue weighted by atomic mass is 10.1. The predicted octanol–water partition coefficient (Wildman–Crippen LogP) is 2.79. The molecule has 5 nitrogen and oxygen atoms in total. The van der Waals surface area contributed by atoms with Crippen LogP contribution in [0.25, 0.3) is 0 Å².